The van der Waals surface area contributed by atoms with Crippen LogP contribution in [0.3, 0.4) is 0 Å². The van der Waals surface area contributed by atoms with Gasteiger partial charge in [-0.25, -0.2) is 4.98 Å². The molecular weight excluding hydrogens is 434 g/mol. The number of Topliss-reactive ketones (excluding diaryl/α,β-unsaturated/α-hetero) is 1. The number of hydrogen-bond acceptors (Lipinski definition) is 6. The van der Waals surface area contributed by atoms with Crippen molar-refractivity contribution < 1.29 is 9.53 Å². The molecule has 1 unspecified atom stereocenters. The van der Waals surface area contributed by atoms with E-state index in [4.69, 9.17) is 9.72 Å². The van der Waals surface area contributed by atoms with E-state index in [0.717, 1.165) is 45.7 Å². The molecule has 0 saturated carbocycles. The number of ether oxygens (including phenoxy) is 1. The van der Waals surface area contributed by atoms with Gasteiger partial charge < -0.3 is 4.74 Å². The average molecular weight is 466 g/mol. The van der Waals surface area contributed by atoms with E-state index in [2.05, 4.69) is 11.8 Å². The average Bonchev–Trinajstić information content (AvgIpc) is 2.86. The third kappa shape index (κ3) is 5.72. The van der Waals surface area contributed by atoms with E-state index in [-0.39, 0.29) is 16.6 Å². The van der Waals surface area contributed by atoms with Gasteiger partial charge in [-0.3, -0.25) is 19.1 Å². The van der Waals surface area contributed by atoms with E-state index in [1.54, 1.807) is 4.57 Å². The Morgan fingerprint density at radius 3 is 2.55 bits per heavy atom. The second-order valence-corrected chi connectivity index (χ2v) is 9.66. The highest BCUT2D eigenvalue weighted by atomic mass is 32.2. The van der Waals surface area contributed by atoms with Gasteiger partial charge in [-0.2, -0.15) is 0 Å². The number of hydrogen-bond donors (Lipinski definition) is 0. The maximum atomic E-state index is 13.3. The molecule has 1 aromatic heterocycles. The van der Waals surface area contributed by atoms with Gasteiger partial charge in [0.25, 0.3) is 5.56 Å². The number of aryl methyl sites for hydroxylation is 1. The van der Waals surface area contributed by atoms with Crippen LogP contribution in [0.25, 0.3) is 10.9 Å². The molecule has 4 rings (SSSR count). The molecule has 1 aliphatic rings. The largest absolute Gasteiger partial charge is 0.379 e. The Labute approximate surface area is 199 Å². The van der Waals surface area contributed by atoms with Gasteiger partial charge in [0.2, 0.25) is 0 Å². The van der Waals surface area contributed by atoms with E-state index in [1.807, 2.05) is 55.5 Å². The maximum Gasteiger partial charge on any atom is 0.262 e. The number of aromatic nitrogens is 2. The van der Waals surface area contributed by atoms with Crippen LogP contribution >= 0.6 is 11.8 Å². The van der Waals surface area contributed by atoms with E-state index in [9.17, 15) is 9.59 Å². The Morgan fingerprint density at radius 2 is 1.82 bits per heavy atom. The Bertz CT molecular complexity index is 1150. The zero-order valence-electron chi connectivity index (χ0n) is 19.3. The van der Waals surface area contributed by atoms with Crippen molar-refractivity contribution in [3.63, 3.8) is 0 Å². The molecular formula is C26H31N3O3S. The zero-order chi connectivity index (χ0) is 23.2. The quantitative estimate of drug-likeness (QED) is 0.270. The second kappa shape index (κ2) is 11.1. The van der Waals surface area contributed by atoms with E-state index >= 15 is 0 Å². The molecule has 0 aliphatic carbocycles. The first-order valence-corrected chi connectivity index (χ1v) is 12.5. The lowest BCUT2D eigenvalue weighted by Crippen LogP contribution is -2.37. The van der Waals surface area contributed by atoms with Gasteiger partial charge in [0, 0.05) is 31.7 Å². The summed E-state index contributed by atoms with van der Waals surface area (Å²) in [7, 11) is 0. The summed E-state index contributed by atoms with van der Waals surface area (Å²) in [5, 5.41) is 0.866. The molecule has 174 valence electrons. The normalized spacial score (nSPS) is 15.6. The summed E-state index contributed by atoms with van der Waals surface area (Å²) < 4.78 is 7.17. The van der Waals surface area contributed by atoms with Crippen molar-refractivity contribution in [3.8, 4) is 0 Å². The highest BCUT2D eigenvalue weighted by Gasteiger charge is 2.21. The molecule has 0 spiro atoms. The fourth-order valence-electron chi connectivity index (χ4n) is 4.06. The first-order valence-electron chi connectivity index (χ1n) is 11.7. The van der Waals surface area contributed by atoms with Crippen LogP contribution in [-0.4, -0.2) is 58.3 Å². The predicted molar refractivity (Wildman–Crippen MR) is 133 cm³/mol. The van der Waals surface area contributed by atoms with Crippen molar-refractivity contribution in [1.29, 1.82) is 0 Å². The van der Waals surface area contributed by atoms with Crippen molar-refractivity contribution in [2.75, 3.05) is 32.8 Å². The highest BCUT2D eigenvalue weighted by molar-refractivity contribution is 8.00. The summed E-state index contributed by atoms with van der Waals surface area (Å²) >= 11 is 1.37. The Kier molecular flexibility index (Phi) is 7.96. The lowest BCUT2D eigenvalue weighted by atomic mass is 10.1. The minimum absolute atomic E-state index is 0.0444. The summed E-state index contributed by atoms with van der Waals surface area (Å²) in [5.74, 6) is 0.0462. The zero-order valence-corrected chi connectivity index (χ0v) is 20.1. The van der Waals surface area contributed by atoms with Crippen molar-refractivity contribution >= 4 is 28.4 Å². The van der Waals surface area contributed by atoms with Gasteiger partial charge in [0.15, 0.2) is 10.9 Å². The number of para-hydroxylation sites is 1. The van der Waals surface area contributed by atoms with E-state index in [0.29, 0.717) is 28.2 Å². The summed E-state index contributed by atoms with van der Waals surface area (Å²) in [6, 6.07) is 15.2. The van der Waals surface area contributed by atoms with Gasteiger partial charge in [-0.15, -0.1) is 0 Å². The van der Waals surface area contributed by atoms with Gasteiger partial charge >= 0.3 is 0 Å². The minimum Gasteiger partial charge on any atom is -0.379 e. The molecule has 3 aromatic rings. The fourth-order valence-corrected chi connectivity index (χ4v) is 5.07. The van der Waals surface area contributed by atoms with Gasteiger partial charge in [0.05, 0.1) is 29.4 Å². The molecule has 2 aromatic carbocycles. The van der Waals surface area contributed by atoms with Crippen molar-refractivity contribution in [2.45, 2.75) is 43.6 Å². The van der Waals surface area contributed by atoms with Gasteiger partial charge in [-0.05, 0) is 37.5 Å². The van der Waals surface area contributed by atoms with Crippen molar-refractivity contribution in [1.82, 2.24) is 14.5 Å². The molecule has 0 bridgehead atoms. The second-order valence-electron chi connectivity index (χ2n) is 8.35. The van der Waals surface area contributed by atoms with Crippen LogP contribution in [0.15, 0.2) is 58.5 Å². The van der Waals surface area contributed by atoms with E-state index < -0.39 is 0 Å². The van der Waals surface area contributed by atoms with Crippen LogP contribution in [0.5, 0.6) is 0 Å². The van der Waals surface area contributed by atoms with Crippen LogP contribution < -0.4 is 5.56 Å². The topological polar surface area (TPSA) is 64.4 Å². The maximum absolute atomic E-state index is 13.3. The molecule has 2 heterocycles. The van der Waals surface area contributed by atoms with Crippen molar-refractivity contribution in [2.24, 2.45) is 0 Å². The molecule has 33 heavy (non-hydrogen) atoms. The Morgan fingerprint density at radius 1 is 1.09 bits per heavy atom. The summed E-state index contributed by atoms with van der Waals surface area (Å²) in [6.07, 6.45) is 1.78. The van der Waals surface area contributed by atoms with Crippen LogP contribution in [0.1, 0.15) is 36.2 Å². The molecule has 1 saturated heterocycles. The molecule has 1 fully saturated rings. The summed E-state index contributed by atoms with van der Waals surface area (Å²) in [5.41, 5.74) is 2.52. The number of fused-ring (bicyclic) bond motifs is 1. The van der Waals surface area contributed by atoms with Gasteiger partial charge in [-0.1, -0.05) is 55.1 Å². The molecule has 0 amide bonds. The molecule has 0 radical (unpaired) electrons. The lowest BCUT2D eigenvalue weighted by molar-refractivity contribution is 0.0368. The van der Waals surface area contributed by atoms with Gasteiger partial charge in [0.1, 0.15) is 0 Å². The van der Waals surface area contributed by atoms with Crippen LogP contribution in [0.2, 0.25) is 0 Å². The number of ketones is 1. The Balaban J connectivity index is 1.55. The number of carbonyl (C=O) groups is 1. The molecule has 0 N–H and O–H groups in total. The number of morpholine rings is 1. The number of nitrogens with zero attached hydrogens (tertiary/aromatic N) is 3. The van der Waals surface area contributed by atoms with Crippen LogP contribution in [0, 0.1) is 0 Å². The highest BCUT2D eigenvalue weighted by Crippen LogP contribution is 2.25. The van der Waals surface area contributed by atoms with Crippen LogP contribution in [-0.2, 0) is 17.7 Å². The SMILES string of the molecule is CCc1ccc(C(=O)C(C)Sc2nc3ccccc3c(=O)n2CCCN2CCOCC2)cc1. The van der Waals surface area contributed by atoms with Crippen LogP contribution in [0.4, 0.5) is 0 Å². The number of thioether (sulfide) groups is 1. The molecule has 7 heteroatoms. The third-order valence-corrected chi connectivity index (χ3v) is 7.17. The molecule has 1 atom stereocenters. The first-order chi connectivity index (χ1) is 16.1. The summed E-state index contributed by atoms with van der Waals surface area (Å²) in [6.45, 7) is 8.84. The molecule has 6 nitrogen and oxygen atoms in total. The Hall–Kier alpha value is -2.48. The number of rotatable bonds is 9. The number of carbonyl (C=O) groups excluding carboxylic acids is 1. The monoisotopic (exact) mass is 465 g/mol. The van der Waals surface area contributed by atoms with Crippen molar-refractivity contribution in [3.05, 3.63) is 70.0 Å². The van der Waals surface area contributed by atoms with E-state index in [1.165, 1.54) is 17.3 Å². The lowest BCUT2D eigenvalue weighted by Gasteiger charge is -2.26. The summed E-state index contributed by atoms with van der Waals surface area (Å²) in [4.78, 5) is 33.5. The smallest absolute Gasteiger partial charge is 0.262 e. The standard InChI is InChI=1S/C26H31N3O3S/c1-3-20-9-11-21(12-10-20)24(30)19(2)33-26-27-23-8-5-4-7-22(23)25(31)29(26)14-6-13-28-15-17-32-18-16-28/h4-5,7-12,19H,3,6,13-18H2,1-2H3. The first kappa shape index (κ1) is 23.7. The minimum atomic E-state index is -0.351. The number of benzene rings is 2. The fraction of sp³-hybridized carbons (Fsp3) is 0.423. The third-order valence-electron chi connectivity index (χ3n) is 6.08. The molecule has 1 aliphatic heterocycles. The predicted octanol–water partition coefficient (Wildman–Crippen LogP) is 4.04.